The van der Waals surface area contributed by atoms with Gasteiger partial charge in [0.25, 0.3) is 0 Å². The summed E-state index contributed by atoms with van der Waals surface area (Å²) in [5.74, 6) is 0. The summed E-state index contributed by atoms with van der Waals surface area (Å²) in [5, 5.41) is 4.25. The molecule has 3 rings (SSSR count). The topological polar surface area (TPSA) is 20.7 Å². The summed E-state index contributed by atoms with van der Waals surface area (Å²) in [4.78, 5) is 3.13. The number of nitrogens with zero attached hydrogens (tertiary/aromatic N) is 1. The molecule has 0 unspecified atom stereocenters. The van der Waals surface area contributed by atoms with Crippen molar-refractivity contribution in [1.29, 1.82) is 0 Å². The Kier molecular flexibility index (Phi) is 3.13. The van der Waals surface area contributed by atoms with Crippen LogP contribution in [-0.2, 0) is 6.54 Å². The van der Waals surface area contributed by atoms with Crippen molar-refractivity contribution < 1.29 is 0 Å². The molecule has 1 aromatic carbocycles. The highest BCUT2D eigenvalue weighted by Gasteiger charge is 2.06. The van der Waals surface area contributed by atoms with Gasteiger partial charge in [0.1, 0.15) is 0 Å². The van der Waals surface area contributed by atoms with Gasteiger partial charge in [-0.2, -0.15) is 11.3 Å². The highest BCUT2D eigenvalue weighted by molar-refractivity contribution is 7.71. The van der Waals surface area contributed by atoms with E-state index in [1.54, 1.807) is 11.3 Å². The van der Waals surface area contributed by atoms with Crippen molar-refractivity contribution in [3.63, 3.8) is 0 Å². The third-order valence-corrected chi connectivity index (χ3v) is 3.93. The highest BCUT2D eigenvalue weighted by atomic mass is 32.1. The van der Waals surface area contributed by atoms with Crippen molar-refractivity contribution in [2.75, 3.05) is 0 Å². The van der Waals surface area contributed by atoms with Gasteiger partial charge in [0.2, 0.25) is 0 Å². The number of hydrogen-bond acceptors (Lipinski definition) is 2. The van der Waals surface area contributed by atoms with Crippen LogP contribution in [0.3, 0.4) is 0 Å². The number of nitrogens with one attached hydrogen (secondary N) is 1. The summed E-state index contributed by atoms with van der Waals surface area (Å²) in [7, 11) is 0. The third kappa shape index (κ3) is 2.17. The minimum atomic E-state index is 0.764. The zero-order chi connectivity index (χ0) is 12.4. The Morgan fingerprint density at radius 2 is 2.00 bits per heavy atom. The van der Waals surface area contributed by atoms with Crippen LogP contribution in [0.4, 0.5) is 0 Å². The van der Waals surface area contributed by atoms with E-state index in [0.717, 1.165) is 17.0 Å². The standard InChI is InChI=1S/C14H12N2S2/c17-14-15-8-13(12-4-2-1-3-5-12)16(14)9-11-6-7-18-10-11/h1-8,10H,9H2,(H,15,17). The first-order valence-electron chi connectivity index (χ1n) is 5.69. The average molecular weight is 272 g/mol. The quantitative estimate of drug-likeness (QED) is 0.704. The van der Waals surface area contributed by atoms with Gasteiger partial charge in [0.15, 0.2) is 4.77 Å². The van der Waals surface area contributed by atoms with Gasteiger partial charge in [-0.1, -0.05) is 30.3 Å². The van der Waals surface area contributed by atoms with E-state index >= 15 is 0 Å². The van der Waals surface area contributed by atoms with Gasteiger partial charge in [-0.05, 0) is 40.2 Å². The smallest absolute Gasteiger partial charge is 0.177 e. The second-order valence-electron chi connectivity index (χ2n) is 4.06. The lowest BCUT2D eigenvalue weighted by Gasteiger charge is -2.07. The summed E-state index contributed by atoms with van der Waals surface area (Å²) >= 11 is 7.07. The van der Waals surface area contributed by atoms with Crippen molar-refractivity contribution in [1.82, 2.24) is 9.55 Å². The molecule has 2 nitrogen and oxygen atoms in total. The molecule has 4 heteroatoms. The van der Waals surface area contributed by atoms with Crippen LogP contribution in [0.5, 0.6) is 0 Å². The average Bonchev–Trinajstić information content (AvgIpc) is 3.03. The van der Waals surface area contributed by atoms with Crippen molar-refractivity contribution in [2.45, 2.75) is 6.54 Å². The first-order chi connectivity index (χ1) is 8.84. The van der Waals surface area contributed by atoms with E-state index in [1.807, 2.05) is 24.4 Å². The lowest BCUT2D eigenvalue weighted by atomic mass is 10.1. The van der Waals surface area contributed by atoms with Crippen LogP contribution in [-0.4, -0.2) is 9.55 Å². The number of benzene rings is 1. The molecule has 0 aliphatic rings. The van der Waals surface area contributed by atoms with Crippen LogP contribution in [0, 0.1) is 4.77 Å². The minimum Gasteiger partial charge on any atom is -0.337 e. The molecule has 1 N–H and O–H groups in total. The fourth-order valence-corrected chi connectivity index (χ4v) is 2.85. The summed E-state index contributed by atoms with van der Waals surface area (Å²) in [6, 6.07) is 12.4. The predicted octanol–water partition coefficient (Wildman–Crippen LogP) is 4.32. The van der Waals surface area contributed by atoms with E-state index in [-0.39, 0.29) is 0 Å². The van der Waals surface area contributed by atoms with Crippen molar-refractivity contribution in [2.24, 2.45) is 0 Å². The monoisotopic (exact) mass is 272 g/mol. The Hall–Kier alpha value is -1.65. The molecule has 0 aliphatic carbocycles. The first kappa shape index (κ1) is 11.4. The third-order valence-electron chi connectivity index (χ3n) is 2.86. The van der Waals surface area contributed by atoms with Crippen molar-refractivity contribution in [3.8, 4) is 11.3 Å². The fourth-order valence-electron chi connectivity index (χ4n) is 1.97. The molecule has 0 bridgehead atoms. The largest absolute Gasteiger partial charge is 0.337 e. The van der Waals surface area contributed by atoms with Gasteiger partial charge >= 0.3 is 0 Å². The Labute approximate surface area is 115 Å². The normalized spacial score (nSPS) is 10.7. The van der Waals surface area contributed by atoms with Crippen LogP contribution >= 0.6 is 23.6 Å². The van der Waals surface area contributed by atoms with Crippen LogP contribution in [0.1, 0.15) is 5.56 Å². The van der Waals surface area contributed by atoms with Crippen LogP contribution in [0.25, 0.3) is 11.3 Å². The molecule has 18 heavy (non-hydrogen) atoms. The van der Waals surface area contributed by atoms with E-state index in [2.05, 4.69) is 38.5 Å². The number of hydrogen-bond donors (Lipinski definition) is 1. The number of H-pyrrole nitrogens is 1. The van der Waals surface area contributed by atoms with Gasteiger partial charge in [-0.15, -0.1) is 0 Å². The first-order valence-corrected chi connectivity index (χ1v) is 7.04. The maximum Gasteiger partial charge on any atom is 0.177 e. The Morgan fingerprint density at radius 3 is 2.72 bits per heavy atom. The number of imidazole rings is 1. The maximum atomic E-state index is 5.36. The highest BCUT2D eigenvalue weighted by Crippen LogP contribution is 2.21. The molecule has 0 spiro atoms. The second-order valence-corrected chi connectivity index (χ2v) is 5.23. The van der Waals surface area contributed by atoms with Crippen LogP contribution in [0.2, 0.25) is 0 Å². The van der Waals surface area contributed by atoms with E-state index in [9.17, 15) is 0 Å². The molecule has 2 heterocycles. The molecule has 3 aromatic rings. The summed E-state index contributed by atoms with van der Waals surface area (Å²) in [5.41, 5.74) is 3.60. The van der Waals surface area contributed by atoms with Crippen molar-refractivity contribution in [3.05, 3.63) is 63.7 Å². The molecule has 2 aromatic heterocycles. The number of aromatic amines is 1. The van der Waals surface area contributed by atoms with E-state index in [4.69, 9.17) is 12.2 Å². The van der Waals surface area contributed by atoms with Gasteiger partial charge in [-0.25, -0.2) is 0 Å². The Balaban J connectivity index is 2.04. The molecular weight excluding hydrogens is 260 g/mol. The summed E-state index contributed by atoms with van der Waals surface area (Å²) in [6.07, 6.45) is 1.98. The van der Waals surface area contributed by atoms with Gasteiger partial charge in [0, 0.05) is 6.20 Å². The van der Waals surface area contributed by atoms with E-state index in [0.29, 0.717) is 0 Å². The molecule has 0 amide bonds. The second kappa shape index (κ2) is 4.92. The molecule has 0 saturated heterocycles. The Bertz CT molecular complexity index is 678. The zero-order valence-electron chi connectivity index (χ0n) is 9.67. The lowest BCUT2D eigenvalue weighted by Crippen LogP contribution is -2.00. The number of rotatable bonds is 3. The molecule has 0 radical (unpaired) electrons. The SMILES string of the molecule is S=c1[nH]cc(-c2ccccc2)n1Cc1ccsc1. The van der Waals surface area contributed by atoms with Gasteiger partial charge < -0.3 is 9.55 Å². The fraction of sp³-hybridized carbons (Fsp3) is 0.0714. The number of aromatic nitrogens is 2. The molecule has 90 valence electrons. The maximum absolute atomic E-state index is 5.36. The predicted molar refractivity (Wildman–Crippen MR) is 78.5 cm³/mol. The molecule has 0 atom stereocenters. The molecule has 0 aliphatic heterocycles. The lowest BCUT2D eigenvalue weighted by molar-refractivity contribution is 0.794. The van der Waals surface area contributed by atoms with Crippen LogP contribution < -0.4 is 0 Å². The zero-order valence-corrected chi connectivity index (χ0v) is 11.3. The van der Waals surface area contributed by atoms with Crippen molar-refractivity contribution >= 4 is 23.6 Å². The van der Waals surface area contributed by atoms with Crippen LogP contribution in [0.15, 0.2) is 53.4 Å². The van der Waals surface area contributed by atoms with E-state index in [1.165, 1.54) is 11.1 Å². The summed E-state index contributed by atoms with van der Waals surface area (Å²) < 4.78 is 2.90. The minimum absolute atomic E-state index is 0.764. The number of thiophene rings is 1. The molecule has 0 saturated carbocycles. The van der Waals surface area contributed by atoms with Gasteiger partial charge in [-0.3, -0.25) is 0 Å². The van der Waals surface area contributed by atoms with Gasteiger partial charge in [0.05, 0.1) is 12.2 Å². The molecular formula is C14H12N2S2. The molecule has 0 fully saturated rings. The van der Waals surface area contributed by atoms with E-state index < -0.39 is 0 Å². The Morgan fingerprint density at radius 1 is 1.17 bits per heavy atom. The summed E-state index contributed by atoms with van der Waals surface area (Å²) in [6.45, 7) is 0.816.